The second-order valence-corrected chi connectivity index (χ2v) is 7.30. The molecule has 6 N–H and O–H groups in total. The van der Waals surface area contributed by atoms with Gasteiger partial charge in [-0.25, -0.2) is 0 Å². The highest BCUT2D eigenvalue weighted by molar-refractivity contribution is 6.31. The number of rotatable bonds is 11. The van der Waals surface area contributed by atoms with Crippen molar-refractivity contribution in [2.45, 2.75) is 45.2 Å². The summed E-state index contributed by atoms with van der Waals surface area (Å²) in [5.74, 6) is -0.680. The van der Waals surface area contributed by atoms with E-state index < -0.39 is 23.9 Å². The normalized spacial score (nSPS) is 12.3. The highest BCUT2D eigenvalue weighted by atomic mass is 35.5. The van der Waals surface area contributed by atoms with Crippen LogP contribution in [-0.2, 0) is 9.59 Å². The monoisotopic (exact) mass is 445 g/mol. The van der Waals surface area contributed by atoms with Crippen molar-refractivity contribution < 1.29 is 14.4 Å². The quantitative estimate of drug-likeness (QED) is 0.177. The van der Waals surface area contributed by atoms with E-state index in [1.54, 1.807) is 18.2 Å². The van der Waals surface area contributed by atoms with Gasteiger partial charge in [0, 0.05) is 17.1 Å². The number of nitrogens with zero attached hydrogens (tertiary/aromatic N) is 1. The molecule has 2 amide bonds. The summed E-state index contributed by atoms with van der Waals surface area (Å²) < 4.78 is 0. The van der Waals surface area contributed by atoms with Crippen molar-refractivity contribution in [3.63, 3.8) is 0 Å². The third-order valence-corrected chi connectivity index (χ3v) is 4.11. The van der Waals surface area contributed by atoms with Crippen molar-refractivity contribution in [1.82, 2.24) is 10.6 Å². The molecule has 8 nitrogen and oxygen atoms in total. The van der Waals surface area contributed by atoms with Crippen LogP contribution in [0.3, 0.4) is 0 Å². The summed E-state index contributed by atoms with van der Waals surface area (Å²) in [6.45, 7) is 4.25. The second-order valence-electron chi connectivity index (χ2n) is 6.87. The first-order valence-electron chi connectivity index (χ1n) is 9.10. The molecular formula is C19H29Cl2N5O3. The molecule has 0 fully saturated rings. The Hall–Kier alpha value is -2.32. The van der Waals surface area contributed by atoms with Gasteiger partial charge in [-0.3, -0.25) is 14.6 Å². The van der Waals surface area contributed by atoms with Gasteiger partial charge in [0.1, 0.15) is 12.3 Å². The molecule has 10 heteroatoms. The lowest BCUT2D eigenvalue weighted by Crippen LogP contribution is -2.50. The van der Waals surface area contributed by atoms with Gasteiger partial charge in [0.25, 0.3) is 5.91 Å². The zero-order chi connectivity index (χ0) is 21.1. The average Bonchev–Trinajstić information content (AvgIpc) is 2.62. The summed E-state index contributed by atoms with van der Waals surface area (Å²) in [7, 11) is 0. The number of hydrogen-bond acceptors (Lipinski definition) is 4. The van der Waals surface area contributed by atoms with E-state index in [0.717, 1.165) is 0 Å². The fourth-order valence-electron chi connectivity index (χ4n) is 2.55. The maximum absolute atomic E-state index is 12.6. The van der Waals surface area contributed by atoms with Gasteiger partial charge in [-0.2, -0.15) is 0 Å². The zero-order valence-corrected chi connectivity index (χ0v) is 18.1. The molecule has 29 heavy (non-hydrogen) atoms. The molecule has 0 saturated carbocycles. The third-order valence-electron chi connectivity index (χ3n) is 3.88. The largest absolute Gasteiger partial charge is 0.370 e. The van der Waals surface area contributed by atoms with Gasteiger partial charge in [-0.05, 0) is 43.4 Å². The van der Waals surface area contributed by atoms with Crippen molar-refractivity contribution >= 4 is 48.1 Å². The van der Waals surface area contributed by atoms with Crippen molar-refractivity contribution in [3.8, 4) is 0 Å². The van der Waals surface area contributed by atoms with Crippen LogP contribution in [0.2, 0.25) is 5.02 Å². The van der Waals surface area contributed by atoms with Crippen LogP contribution in [0.5, 0.6) is 0 Å². The molecule has 2 atom stereocenters. The van der Waals surface area contributed by atoms with E-state index in [0.29, 0.717) is 42.7 Å². The predicted octanol–water partition coefficient (Wildman–Crippen LogP) is 1.64. The summed E-state index contributed by atoms with van der Waals surface area (Å²) in [4.78, 5) is 40.2. The minimum atomic E-state index is -0.772. The number of amides is 2. The molecule has 0 aliphatic rings. The Morgan fingerprint density at radius 1 is 1.24 bits per heavy atom. The van der Waals surface area contributed by atoms with Gasteiger partial charge < -0.3 is 26.9 Å². The van der Waals surface area contributed by atoms with Gasteiger partial charge in [-0.1, -0.05) is 31.5 Å². The maximum atomic E-state index is 12.6. The summed E-state index contributed by atoms with van der Waals surface area (Å²) in [5.41, 5.74) is 10.9. The number of guanidine groups is 1. The van der Waals surface area contributed by atoms with Gasteiger partial charge in [0.05, 0.1) is 6.04 Å². The molecule has 0 aromatic heterocycles. The molecule has 162 valence electrons. The number of hydrogen-bond donors (Lipinski definition) is 4. The van der Waals surface area contributed by atoms with Crippen LogP contribution in [0, 0.1) is 5.92 Å². The van der Waals surface area contributed by atoms with E-state index in [1.807, 2.05) is 13.8 Å². The second kappa shape index (κ2) is 13.8. The van der Waals surface area contributed by atoms with Gasteiger partial charge in [0.15, 0.2) is 5.96 Å². The van der Waals surface area contributed by atoms with Gasteiger partial charge in [0.2, 0.25) is 5.91 Å². The first kappa shape index (κ1) is 26.7. The Morgan fingerprint density at radius 3 is 2.48 bits per heavy atom. The van der Waals surface area contributed by atoms with Crippen molar-refractivity contribution in [3.05, 3.63) is 34.9 Å². The minimum Gasteiger partial charge on any atom is -0.370 e. The number of nitrogens with two attached hydrogens (primary N) is 2. The Labute approximate surface area is 182 Å². The van der Waals surface area contributed by atoms with Crippen LogP contribution in [0.25, 0.3) is 0 Å². The van der Waals surface area contributed by atoms with Crippen LogP contribution in [0.4, 0.5) is 0 Å². The Morgan fingerprint density at radius 2 is 1.93 bits per heavy atom. The van der Waals surface area contributed by atoms with Crippen LogP contribution in [0.1, 0.15) is 43.5 Å². The summed E-state index contributed by atoms with van der Waals surface area (Å²) in [5, 5.41) is 5.82. The topological polar surface area (TPSA) is 140 Å². The van der Waals surface area contributed by atoms with Crippen LogP contribution in [-0.4, -0.2) is 42.7 Å². The Kier molecular flexibility index (Phi) is 12.7. The number of nitrogens with one attached hydrogen (secondary N) is 2. The first-order valence-corrected chi connectivity index (χ1v) is 9.48. The Bertz CT molecular complexity index is 709. The summed E-state index contributed by atoms with van der Waals surface area (Å²) in [6.07, 6.45) is 2.02. The van der Waals surface area contributed by atoms with Gasteiger partial charge in [-0.15, -0.1) is 12.4 Å². The number of aliphatic imine (C=N–C) groups is 1. The SMILES string of the molecule is CC(C)C[C@H](NC(=O)c1cccc(Cl)c1)C(=O)N[C@H](C=O)CCCN=C(N)N.Cl. The van der Waals surface area contributed by atoms with E-state index in [1.165, 1.54) is 6.07 Å². The molecule has 1 rings (SSSR count). The molecule has 0 saturated heterocycles. The predicted molar refractivity (Wildman–Crippen MR) is 117 cm³/mol. The maximum Gasteiger partial charge on any atom is 0.251 e. The molecule has 0 bridgehead atoms. The molecule has 0 aliphatic heterocycles. The zero-order valence-electron chi connectivity index (χ0n) is 16.6. The Balaban J connectivity index is 0.00000784. The van der Waals surface area contributed by atoms with Crippen molar-refractivity contribution in [1.29, 1.82) is 0 Å². The van der Waals surface area contributed by atoms with Crippen molar-refractivity contribution in [2.24, 2.45) is 22.4 Å². The third kappa shape index (κ3) is 10.7. The van der Waals surface area contributed by atoms with Crippen molar-refractivity contribution in [2.75, 3.05) is 6.54 Å². The van der Waals surface area contributed by atoms with Crippen LogP contribution in [0.15, 0.2) is 29.3 Å². The lowest BCUT2D eigenvalue weighted by Gasteiger charge is -2.22. The molecular weight excluding hydrogens is 417 g/mol. The van der Waals surface area contributed by atoms with Crippen LogP contribution < -0.4 is 22.1 Å². The highest BCUT2D eigenvalue weighted by Gasteiger charge is 2.24. The summed E-state index contributed by atoms with van der Waals surface area (Å²) >= 11 is 5.92. The number of benzene rings is 1. The summed E-state index contributed by atoms with van der Waals surface area (Å²) in [6, 6.07) is 5.01. The molecule has 0 heterocycles. The lowest BCUT2D eigenvalue weighted by atomic mass is 10.0. The van der Waals surface area contributed by atoms with Crippen LogP contribution >= 0.6 is 24.0 Å². The molecule has 0 radical (unpaired) electrons. The fraction of sp³-hybridized carbons (Fsp3) is 0.474. The van der Waals surface area contributed by atoms with E-state index in [4.69, 9.17) is 23.1 Å². The van der Waals surface area contributed by atoms with E-state index in [2.05, 4.69) is 15.6 Å². The molecule has 0 unspecified atom stereocenters. The number of carbonyl (C=O) groups excluding carboxylic acids is 3. The number of halogens is 2. The number of carbonyl (C=O) groups is 3. The average molecular weight is 446 g/mol. The molecule has 0 spiro atoms. The first-order chi connectivity index (χ1) is 13.2. The lowest BCUT2D eigenvalue weighted by molar-refractivity contribution is -0.126. The smallest absolute Gasteiger partial charge is 0.251 e. The molecule has 1 aromatic rings. The van der Waals surface area contributed by atoms with E-state index >= 15 is 0 Å². The van der Waals surface area contributed by atoms with E-state index in [9.17, 15) is 14.4 Å². The fourth-order valence-corrected chi connectivity index (χ4v) is 2.74. The molecule has 1 aromatic carbocycles. The van der Waals surface area contributed by atoms with E-state index in [-0.39, 0.29) is 24.3 Å². The highest BCUT2D eigenvalue weighted by Crippen LogP contribution is 2.12. The van der Waals surface area contributed by atoms with Gasteiger partial charge >= 0.3 is 0 Å². The molecule has 0 aliphatic carbocycles. The number of aldehydes is 1. The standard InChI is InChI=1S/C19H28ClN5O3.ClH/c1-12(2)9-16(25-17(27)13-5-3-6-14(20)10-13)18(28)24-15(11-26)7-4-8-23-19(21)22;/h3,5-6,10-12,15-16H,4,7-9H2,1-2H3,(H,24,28)(H,25,27)(H4,21,22,23);1H/t15-,16-;/m0./s1. The minimum absolute atomic E-state index is 0.